The predicted octanol–water partition coefficient (Wildman–Crippen LogP) is 1.25. The van der Waals surface area contributed by atoms with Gasteiger partial charge in [0.2, 0.25) is 6.29 Å². The number of benzene rings is 1. The van der Waals surface area contributed by atoms with Crippen LogP contribution in [-0.2, 0) is 14.3 Å². The Morgan fingerprint density at radius 1 is 1.31 bits per heavy atom. The zero-order valence-corrected chi connectivity index (χ0v) is 8.64. The van der Waals surface area contributed by atoms with Crippen molar-refractivity contribution in [3.05, 3.63) is 42.5 Å². The first-order chi connectivity index (χ1) is 7.76. The third kappa shape index (κ3) is 3.96. The Balaban J connectivity index is 2.29. The van der Waals surface area contributed by atoms with E-state index in [0.29, 0.717) is 11.3 Å². The summed E-state index contributed by atoms with van der Waals surface area (Å²) in [5.74, 6) is 0.128. The molecule has 0 saturated carbocycles. The van der Waals surface area contributed by atoms with Crippen LogP contribution in [0.4, 0.5) is 0 Å². The van der Waals surface area contributed by atoms with Crippen molar-refractivity contribution >= 4 is 12.3 Å². The monoisotopic (exact) mass is 219 g/mol. The molecule has 0 heterocycles. The molecule has 4 nitrogen and oxygen atoms in total. The maximum absolute atomic E-state index is 10.7. The minimum Gasteiger partial charge on any atom is -0.490 e. The lowest BCUT2D eigenvalue weighted by atomic mass is 10.2. The third-order valence-electron chi connectivity index (χ3n) is 1.74. The number of esters is 1. The molecule has 1 aromatic rings. The maximum atomic E-state index is 10.7. The molecule has 0 atom stereocenters. The molecule has 4 heteroatoms. The summed E-state index contributed by atoms with van der Waals surface area (Å²) in [6.45, 7) is 3.68. The van der Waals surface area contributed by atoms with Gasteiger partial charge in [0.15, 0.2) is 0 Å². The molecule has 0 N–H and O–H groups in total. The normalized spacial score (nSPS) is 9.25. The zero-order chi connectivity index (χ0) is 11.8. The first-order valence-corrected chi connectivity index (χ1v) is 4.66. The van der Waals surface area contributed by atoms with Crippen LogP contribution < -0.4 is 4.74 Å². The van der Waals surface area contributed by atoms with Gasteiger partial charge in [0, 0.05) is 11.6 Å². The largest absolute Gasteiger partial charge is 0.490 e. The van der Waals surface area contributed by atoms with E-state index in [9.17, 15) is 9.59 Å². The molecule has 83 valence electrons. The number of carbonyl (C=O) groups excluding carboxylic acids is 2. The summed E-state index contributed by atoms with van der Waals surface area (Å²) < 4.78 is 9.97. The van der Waals surface area contributed by atoms with E-state index < -0.39 is 5.97 Å². The molecular formula is C12H11O4. The molecule has 1 aromatic carbocycles. The van der Waals surface area contributed by atoms with Gasteiger partial charge in [-0.1, -0.05) is 6.58 Å². The second-order valence-corrected chi connectivity index (χ2v) is 2.85. The average Bonchev–Trinajstić information content (AvgIpc) is 2.35. The second-order valence-electron chi connectivity index (χ2n) is 2.85. The molecule has 0 saturated heterocycles. The lowest BCUT2D eigenvalue weighted by Gasteiger charge is -2.05. The van der Waals surface area contributed by atoms with Crippen LogP contribution in [0.1, 0.15) is 5.56 Å². The van der Waals surface area contributed by atoms with Gasteiger partial charge in [-0.3, -0.25) is 4.79 Å². The lowest BCUT2D eigenvalue weighted by molar-refractivity contribution is -0.138. The molecule has 0 bridgehead atoms. The van der Waals surface area contributed by atoms with Crippen molar-refractivity contribution in [2.24, 2.45) is 0 Å². The quantitative estimate of drug-likeness (QED) is 0.410. The molecule has 0 spiro atoms. The molecule has 1 rings (SSSR count). The molecule has 1 radical (unpaired) electrons. The van der Waals surface area contributed by atoms with Gasteiger partial charge in [0.05, 0.1) is 0 Å². The van der Waals surface area contributed by atoms with Gasteiger partial charge >= 0.3 is 5.97 Å². The minimum atomic E-state index is -0.477. The van der Waals surface area contributed by atoms with Crippen LogP contribution in [0.5, 0.6) is 5.75 Å². The summed E-state index contributed by atoms with van der Waals surface area (Å²) >= 11 is 0. The Morgan fingerprint density at radius 3 is 2.56 bits per heavy atom. The summed E-state index contributed by atoms with van der Waals surface area (Å²) in [7, 11) is 0. The van der Waals surface area contributed by atoms with E-state index in [1.807, 2.05) is 0 Å². The molecule has 0 aliphatic heterocycles. The van der Waals surface area contributed by atoms with Gasteiger partial charge < -0.3 is 9.47 Å². The highest BCUT2D eigenvalue weighted by atomic mass is 16.6. The van der Waals surface area contributed by atoms with Gasteiger partial charge in [-0.15, -0.1) is 0 Å². The predicted molar refractivity (Wildman–Crippen MR) is 57.9 cm³/mol. The van der Waals surface area contributed by atoms with Crippen molar-refractivity contribution in [3.63, 3.8) is 0 Å². The minimum absolute atomic E-state index is 0.159. The molecule has 0 aromatic heterocycles. The molecule has 0 unspecified atom stereocenters. The van der Waals surface area contributed by atoms with Crippen molar-refractivity contribution in [2.45, 2.75) is 0 Å². The summed E-state index contributed by atoms with van der Waals surface area (Å²) in [5.41, 5.74) is 0.463. The molecule has 0 aliphatic carbocycles. The molecular weight excluding hydrogens is 208 g/mol. The zero-order valence-electron chi connectivity index (χ0n) is 8.64. The van der Waals surface area contributed by atoms with Crippen LogP contribution in [0.3, 0.4) is 0 Å². The Bertz CT molecular complexity index is 367. The maximum Gasteiger partial charge on any atom is 0.330 e. The van der Waals surface area contributed by atoms with Crippen molar-refractivity contribution in [2.75, 3.05) is 13.2 Å². The fourth-order valence-corrected chi connectivity index (χ4v) is 0.980. The van der Waals surface area contributed by atoms with Crippen LogP contribution >= 0.6 is 0 Å². The Kier molecular flexibility index (Phi) is 4.79. The van der Waals surface area contributed by atoms with E-state index in [4.69, 9.17) is 9.47 Å². The van der Waals surface area contributed by atoms with E-state index in [2.05, 4.69) is 6.58 Å². The number of hydrogen-bond acceptors (Lipinski definition) is 4. The first-order valence-electron chi connectivity index (χ1n) is 4.66. The fourth-order valence-electron chi connectivity index (χ4n) is 0.980. The van der Waals surface area contributed by atoms with E-state index in [1.54, 1.807) is 30.6 Å². The van der Waals surface area contributed by atoms with Gasteiger partial charge in [-0.2, -0.15) is 0 Å². The highest BCUT2D eigenvalue weighted by Crippen LogP contribution is 2.10. The van der Waals surface area contributed by atoms with Gasteiger partial charge in [-0.05, 0) is 24.3 Å². The second kappa shape index (κ2) is 6.40. The van der Waals surface area contributed by atoms with Crippen LogP contribution in [-0.4, -0.2) is 25.5 Å². The van der Waals surface area contributed by atoms with Crippen molar-refractivity contribution in [1.82, 2.24) is 0 Å². The van der Waals surface area contributed by atoms with Crippen molar-refractivity contribution in [1.29, 1.82) is 0 Å². The number of rotatable bonds is 6. The SMILES string of the molecule is C=CC(=O)OCCOc1ccc([C]=O)cc1. The summed E-state index contributed by atoms with van der Waals surface area (Å²) in [5, 5.41) is 0. The van der Waals surface area contributed by atoms with Gasteiger partial charge in [0.25, 0.3) is 0 Å². The van der Waals surface area contributed by atoms with E-state index in [0.717, 1.165) is 6.08 Å². The molecule has 16 heavy (non-hydrogen) atoms. The van der Waals surface area contributed by atoms with E-state index >= 15 is 0 Å². The van der Waals surface area contributed by atoms with Crippen LogP contribution in [0.2, 0.25) is 0 Å². The van der Waals surface area contributed by atoms with Crippen LogP contribution in [0, 0.1) is 0 Å². The van der Waals surface area contributed by atoms with Crippen molar-refractivity contribution < 1.29 is 19.1 Å². The number of ether oxygens (including phenoxy) is 2. The number of carbonyl (C=O) groups is 1. The van der Waals surface area contributed by atoms with Crippen molar-refractivity contribution in [3.8, 4) is 5.75 Å². The lowest BCUT2D eigenvalue weighted by Crippen LogP contribution is -2.10. The summed E-state index contributed by atoms with van der Waals surface area (Å²) in [4.78, 5) is 20.9. The van der Waals surface area contributed by atoms with Crippen LogP contribution in [0.25, 0.3) is 0 Å². The van der Waals surface area contributed by atoms with E-state index in [1.165, 1.54) is 0 Å². The Labute approximate surface area is 93.5 Å². The third-order valence-corrected chi connectivity index (χ3v) is 1.74. The fraction of sp³-hybridized carbons (Fsp3) is 0.167. The van der Waals surface area contributed by atoms with Crippen LogP contribution in [0.15, 0.2) is 36.9 Å². The highest BCUT2D eigenvalue weighted by Gasteiger charge is 1.97. The van der Waals surface area contributed by atoms with E-state index in [-0.39, 0.29) is 13.2 Å². The summed E-state index contributed by atoms with van der Waals surface area (Å²) in [6, 6.07) is 6.49. The van der Waals surface area contributed by atoms with Gasteiger partial charge in [-0.25, -0.2) is 4.79 Å². The summed E-state index contributed by atoms with van der Waals surface area (Å²) in [6.07, 6.45) is 2.85. The molecule has 0 fully saturated rings. The molecule has 0 amide bonds. The Hall–Kier alpha value is -2.10. The highest BCUT2D eigenvalue weighted by molar-refractivity contribution is 5.81. The smallest absolute Gasteiger partial charge is 0.330 e. The van der Waals surface area contributed by atoms with Gasteiger partial charge in [0.1, 0.15) is 19.0 Å². The first kappa shape index (κ1) is 12.0. The number of hydrogen-bond donors (Lipinski definition) is 0. The average molecular weight is 219 g/mol. The molecule has 0 aliphatic rings. The standard InChI is InChI=1S/C12H11O4/c1-2-12(14)16-8-7-15-11-5-3-10(9-13)4-6-11/h2-6H,1,7-8H2. The topological polar surface area (TPSA) is 52.6 Å². The Morgan fingerprint density at radius 2 is 2.00 bits per heavy atom.